The van der Waals surface area contributed by atoms with Crippen molar-refractivity contribution in [3.63, 3.8) is 0 Å². The van der Waals surface area contributed by atoms with Gasteiger partial charge in [-0.05, 0) is 37.6 Å². The van der Waals surface area contributed by atoms with Gasteiger partial charge in [-0.15, -0.1) is 11.8 Å². The number of nitrogens with zero attached hydrogens (tertiary/aromatic N) is 1. The lowest BCUT2D eigenvalue weighted by molar-refractivity contribution is -0.157. The van der Waals surface area contributed by atoms with Crippen molar-refractivity contribution in [2.75, 3.05) is 26.3 Å². The molecule has 7 heteroatoms. The van der Waals surface area contributed by atoms with Gasteiger partial charge in [0.2, 0.25) is 5.91 Å². The van der Waals surface area contributed by atoms with E-state index in [4.69, 9.17) is 16.3 Å². The van der Waals surface area contributed by atoms with Crippen LogP contribution in [0.3, 0.4) is 0 Å². The molecule has 3 rings (SSSR count). The second-order valence-corrected chi connectivity index (χ2v) is 8.27. The fraction of sp³-hybridized carbons (Fsp3) is 0.529. The van der Waals surface area contributed by atoms with E-state index in [0.29, 0.717) is 31.2 Å². The van der Waals surface area contributed by atoms with Crippen molar-refractivity contribution < 1.29 is 19.4 Å². The van der Waals surface area contributed by atoms with Gasteiger partial charge in [-0.2, -0.15) is 0 Å². The Morgan fingerprint density at radius 2 is 2.12 bits per heavy atom. The predicted octanol–water partition coefficient (Wildman–Crippen LogP) is 2.77. The minimum atomic E-state index is -0.849. The van der Waals surface area contributed by atoms with Crippen LogP contribution in [0.15, 0.2) is 29.2 Å². The molecule has 0 bridgehead atoms. The van der Waals surface area contributed by atoms with E-state index in [1.807, 2.05) is 19.1 Å². The molecule has 2 aliphatic rings. The molecule has 24 heavy (non-hydrogen) atoms. The summed E-state index contributed by atoms with van der Waals surface area (Å²) in [7, 11) is 0. The van der Waals surface area contributed by atoms with E-state index in [9.17, 15) is 14.7 Å². The fourth-order valence-electron chi connectivity index (χ4n) is 3.49. The summed E-state index contributed by atoms with van der Waals surface area (Å²) in [5, 5.41) is 10.1. The Bertz CT molecular complexity index is 638. The molecule has 0 saturated carbocycles. The molecular formula is C17H20ClNO4S. The van der Waals surface area contributed by atoms with Crippen LogP contribution in [0, 0.1) is 11.3 Å². The van der Waals surface area contributed by atoms with Crippen LogP contribution in [-0.4, -0.2) is 53.4 Å². The smallest absolute Gasteiger partial charge is 0.311 e. The van der Waals surface area contributed by atoms with E-state index in [0.717, 1.165) is 4.90 Å². The summed E-state index contributed by atoms with van der Waals surface area (Å²) < 4.78 is 5.43. The zero-order valence-electron chi connectivity index (χ0n) is 13.4. The Hall–Kier alpha value is -1.24. The van der Waals surface area contributed by atoms with Gasteiger partial charge < -0.3 is 14.7 Å². The van der Waals surface area contributed by atoms with E-state index in [-0.39, 0.29) is 23.6 Å². The molecule has 2 aliphatic heterocycles. The molecule has 0 spiro atoms. The lowest BCUT2D eigenvalue weighted by Crippen LogP contribution is -2.45. The normalized spacial score (nSPS) is 27.6. The molecule has 2 saturated heterocycles. The standard InChI is InChI=1S/C17H20ClNO4S/c1-11(24-14-4-2-13(18)3-5-14)15(20)19-8-12-9-23-7-6-17(12,10-19)16(21)22/h2-5,11-12H,6-10H2,1H3,(H,21,22)/t11?,12-,17+/m0/s1. The number of rotatable bonds is 4. The number of hydrogen-bond donors (Lipinski definition) is 1. The molecule has 1 unspecified atom stereocenters. The molecule has 0 aliphatic carbocycles. The summed E-state index contributed by atoms with van der Waals surface area (Å²) in [5.41, 5.74) is -0.849. The number of amides is 1. The van der Waals surface area contributed by atoms with Gasteiger partial charge in [0.1, 0.15) is 0 Å². The first-order valence-corrected chi connectivity index (χ1v) is 9.20. The van der Waals surface area contributed by atoms with Crippen LogP contribution in [0.4, 0.5) is 0 Å². The summed E-state index contributed by atoms with van der Waals surface area (Å²) in [6, 6.07) is 7.35. The van der Waals surface area contributed by atoms with Crippen LogP contribution in [-0.2, 0) is 14.3 Å². The topological polar surface area (TPSA) is 66.8 Å². The monoisotopic (exact) mass is 369 g/mol. The highest BCUT2D eigenvalue weighted by Crippen LogP contribution is 2.43. The fourth-order valence-corrected chi connectivity index (χ4v) is 4.57. The van der Waals surface area contributed by atoms with E-state index in [1.54, 1.807) is 17.0 Å². The first kappa shape index (κ1) is 17.6. The molecule has 1 aromatic carbocycles. The summed E-state index contributed by atoms with van der Waals surface area (Å²) in [6.07, 6.45) is 0.468. The van der Waals surface area contributed by atoms with Gasteiger partial charge in [0.05, 0.1) is 17.3 Å². The van der Waals surface area contributed by atoms with E-state index >= 15 is 0 Å². The van der Waals surface area contributed by atoms with Gasteiger partial charge in [-0.25, -0.2) is 0 Å². The number of carbonyl (C=O) groups excluding carboxylic acids is 1. The highest BCUT2D eigenvalue weighted by Gasteiger charge is 2.55. The number of fused-ring (bicyclic) bond motifs is 1. The third-order valence-corrected chi connectivity index (χ3v) is 6.27. The molecular weight excluding hydrogens is 350 g/mol. The molecule has 1 aromatic rings. The largest absolute Gasteiger partial charge is 0.481 e. The summed E-state index contributed by atoms with van der Waals surface area (Å²) in [4.78, 5) is 27.2. The second-order valence-electron chi connectivity index (χ2n) is 6.42. The summed E-state index contributed by atoms with van der Waals surface area (Å²) >= 11 is 7.34. The highest BCUT2D eigenvalue weighted by molar-refractivity contribution is 8.00. The van der Waals surface area contributed by atoms with Gasteiger partial charge in [0, 0.05) is 35.5 Å². The van der Waals surface area contributed by atoms with Crippen LogP contribution in [0.2, 0.25) is 5.02 Å². The van der Waals surface area contributed by atoms with Gasteiger partial charge in [0.15, 0.2) is 0 Å². The Labute approximate surface area is 150 Å². The third-order valence-electron chi connectivity index (χ3n) is 4.92. The van der Waals surface area contributed by atoms with Gasteiger partial charge in [0.25, 0.3) is 0 Å². The predicted molar refractivity (Wildman–Crippen MR) is 92.3 cm³/mol. The van der Waals surface area contributed by atoms with Gasteiger partial charge in [-0.1, -0.05) is 11.6 Å². The molecule has 130 valence electrons. The Morgan fingerprint density at radius 3 is 2.75 bits per heavy atom. The van der Waals surface area contributed by atoms with Crippen molar-refractivity contribution in [1.29, 1.82) is 0 Å². The molecule has 5 nitrogen and oxygen atoms in total. The van der Waals surface area contributed by atoms with Gasteiger partial charge in [-0.3, -0.25) is 9.59 Å². The van der Waals surface area contributed by atoms with Crippen LogP contribution in [0.5, 0.6) is 0 Å². The SMILES string of the molecule is CC(Sc1ccc(Cl)cc1)C(=O)N1C[C@H]2COCC[C@@]2(C(=O)O)C1. The summed E-state index contributed by atoms with van der Waals surface area (Å²) in [6.45, 7) is 3.44. The molecule has 3 atom stereocenters. The van der Waals surface area contributed by atoms with Crippen LogP contribution in [0.1, 0.15) is 13.3 Å². The number of aliphatic carboxylic acids is 1. The van der Waals surface area contributed by atoms with Crippen molar-refractivity contribution in [2.24, 2.45) is 11.3 Å². The lowest BCUT2D eigenvalue weighted by atomic mass is 9.74. The number of likely N-dealkylation sites (tertiary alicyclic amines) is 1. The maximum atomic E-state index is 12.8. The number of carboxylic acids is 1. The van der Waals surface area contributed by atoms with Crippen molar-refractivity contribution in [3.05, 3.63) is 29.3 Å². The highest BCUT2D eigenvalue weighted by atomic mass is 35.5. The summed E-state index contributed by atoms with van der Waals surface area (Å²) in [5.74, 6) is -0.963. The first-order chi connectivity index (χ1) is 11.4. The average molecular weight is 370 g/mol. The van der Waals surface area contributed by atoms with Crippen molar-refractivity contribution in [2.45, 2.75) is 23.5 Å². The molecule has 0 aromatic heterocycles. The van der Waals surface area contributed by atoms with Crippen LogP contribution < -0.4 is 0 Å². The molecule has 1 amide bonds. The third kappa shape index (κ3) is 3.27. The maximum absolute atomic E-state index is 12.8. The average Bonchev–Trinajstić information content (AvgIpc) is 2.97. The number of thioether (sulfide) groups is 1. The van der Waals surface area contributed by atoms with Crippen molar-refractivity contribution in [3.8, 4) is 0 Å². The minimum absolute atomic E-state index is 0.0232. The van der Waals surface area contributed by atoms with Gasteiger partial charge >= 0.3 is 5.97 Å². The Morgan fingerprint density at radius 1 is 1.42 bits per heavy atom. The zero-order valence-corrected chi connectivity index (χ0v) is 15.0. The zero-order chi connectivity index (χ0) is 17.3. The molecule has 0 radical (unpaired) electrons. The van der Waals surface area contributed by atoms with Crippen molar-refractivity contribution in [1.82, 2.24) is 4.90 Å². The second kappa shape index (κ2) is 6.94. The van der Waals surface area contributed by atoms with E-state index in [2.05, 4.69) is 0 Å². The Kier molecular flexibility index (Phi) is 5.08. The van der Waals surface area contributed by atoms with E-state index < -0.39 is 11.4 Å². The Balaban J connectivity index is 1.69. The van der Waals surface area contributed by atoms with Crippen molar-refractivity contribution >= 4 is 35.2 Å². The molecule has 2 heterocycles. The number of benzene rings is 1. The number of halogens is 1. The molecule has 2 fully saturated rings. The van der Waals surface area contributed by atoms with Crippen LogP contribution >= 0.6 is 23.4 Å². The lowest BCUT2D eigenvalue weighted by Gasteiger charge is -2.33. The number of hydrogen-bond acceptors (Lipinski definition) is 4. The number of ether oxygens (including phenoxy) is 1. The quantitative estimate of drug-likeness (QED) is 0.826. The van der Waals surface area contributed by atoms with E-state index in [1.165, 1.54) is 11.8 Å². The number of carboxylic acid groups (broad SMARTS) is 1. The maximum Gasteiger partial charge on any atom is 0.311 e. The molecule has 1 N–H and O–H groups in total. The first-order valence-electron chi connectivity index (χ1n) is 7.94. The number of carbonyl (C=O) groups is 2. The minimum Gasteiger partial charge on any atom is -0.481 e. The van der Waals surface area contributed by atoms with Crippen LogP contribution in [0.25, 0.3) is 0 Å².